The fraction of sp³-hybridized carbons (Fsp3) is 0.833. The Hall–Kier alpha value is -0.810. The lowest BCUT2D eigenvalue weighted by Gasteiger charge is -2.07. The minimum atomic E-state index is -0.917. The first kappa shape index (κ1) is 10.2. The van der Waals surface area contributed by atoms with Crippen LogP contribution in [0.5, 0.6) is 0 Å². The summed E-state index contributed by atoms with van der Waals surface area (Å²) in [5.41, 5.74) is 0. The van der Waals surface area contributed by atoms with Crippen molar-refractivity contribution in [2.24, 2.45) is 0 Å². The summed E-state index contributed by atoms with van der Waals surface area (Å²) in [6.45, 7) is 1.62. The Morgan fingerprint density at radius 3 is 2.82 bits per heavy atom. The van der Waals surface area contributed by atoms with Crippen LogP contribution in [0.4, 0.5) is 4.79 Å². The fourth-order valence-electron chi connectivity index (χ4n) is 0.448. The Bertz CT molecular complexity index is 117. The first-order valence-electron chi connectivity index (χ1n) is 3.40. The van der Waals surface area contributed by atoms with E-state index in [1.54, 1.807) is 6.92 Å². The largest absolute Gasteiger partial charge is 0.450 e. The molecule has 5 nitrogen and oxygen atoms in total. The van der Waals surface area contributed by atoms with Gasteiger partial charge in [-0.25, -0.2) is 4.79 Å². The Kier molecular flexibility index (Phi) is 5.50. The van der Waals surface area contributed by atoms with Gasteiger partial charge in [0.1, 0.15) is 0 Å². The van der Waals surface area contributed by atoms with Crippen molar-refractivity contribution in [3.05, 3.63) is 0 Å². The number of alkyl carbamates (subject to hydrolysis) is 1. The summed E-state index contributed by atoms with van der Waals surface area (Å²) in [5, 5.41) is 19.4. The first-order valence-corrected chi connectivity index (χ1v) is 3.40. The monoisotopic (exact) mass is 163 g/mol. The molecule has 0 saturated heterocycles. The summed E-state index contributed by atoms with van der Waals surface area (Å²) >= 11 is 0. The van der Waals surface area contributed by atoms with Gasteiger partial charge in [-0.05, 0) is 6.92 Å². The maximum absolute atomic E-state index is 10.5. The zero-order chi connectivity index (χ0) is 8.69. The molecule has 0 aromatic heterocycles. The summed E-state index contributed by atoms with van der Waals surface area (Å²) in [5.74, 6) is 0. The molecular weight excluding hydrogens is 150 g/mol. The average molecular weight is 163 g/mol. The van der Waals surface area contributed by atoms with Gasteiger partial charge in [-0.2, -0.15) is 0 Å². The molecule has 1 amide bonds. The molecule has 0 aliphatic carbocycles. The Morgan fingerprint density at radius 2 is 2.36 bits per heavy atom. The number of nitrogens with one attached hydrogen (secondary N) is 1. The van der Waals surface area contributed by atoms with E-state index in [4.69, 9.17) is 10.2 Å². The van der Waals surface area contributed by atoms with Crippen molar-refractivity contribution < 1.29 is 19.7 Å². The molecule has 0 radical (unpaired) electrons. The molecule has 0 heterocycles. The standard InChI is InChI=1S/C6H13NO4/c1-2-11-6(10)7-3-5(9)4-8/h5,8-9H,2-4H2,1H3,(H,7,10). The van der Waals surface area contributed by atoms with E-state index in [2.05, 4.69) is 10.1 Å². The highest BCUT2D eigenvalue weighted by molar-refractivity contribution is 5.67. The first-order chi connectivity index (χ1) is 5.20. The molecule has 0 bridgehead atoms. The minimum absolute atomic E-state index is 0.00926. The normalized spacial score (nSPS) is 12.3. The van der Waals surface area contributed by atoms with Crippen LogP contribution in [0.15, 0.2) is 0 Å². The van der Waals surface area contributed by atoms with Crippen LogP contribution in [0.3, 0.4) is 0 Å². The highest BCUT2D eigenvalue weighted by atomic mass is 16.5. The molecule has 0 aliphatic heterocycles. The third kappa shape index (κ3) is 5.63. The Balaban J connectivity index is 3.30. The van der Waals surface area contributed by atoms with E-state index in [1.165, 1.54) is 0 Å². The second kappa shape index (κ2) is 5.94. The molecule has 0 aromatic carbocycles. The van der Waals surface area contributed by atoms with E-state index in [-0.39, 0.29) is 13.2 Å². The topological polar surface area (TPSA) is 78.8 Å². The van der Waals surface area contributed by atoms with Gasteiger partial charge in [0.2, 0.25) is 0 Å². The number of aliphatic hydroxyl groups excluding tert-OH is 2. The number of rotatable bonds is 4. The number of carbonyl (C=O) groups excluding carboxylic acids is 1. The number of hydrogen-bond acceptors (Lipinski definition) is 4. The van der Waals surface area contributed by atoms with Crippen molar-refractivity contribution >= 4 is 6.09 Å². The lowest BCUT2D eigenvalue weighted by molar-refractivity contribution is 0.0894. The summed E-state index contributed by atoms with van der Waals surface area (Å²) in [7, 11) is 0. The van der Waals surface area contributed by atoms with Crippen LogP contribution in [0, 0.1) is 0 Å². The van der Waals surface area contributed by atoms with E-state index in [9.17, 15) is 4.79 Å². The molecule has 1 unspecified atom stereocenters. The van der Waals surface area contributed by atoms with Gasteiger partial charge in [0.15, 0.2) is 0 Å². The molecule has 0 aromatic rings. The third-order valence-corrected chi connectivity index (χ3v) is 0.968. The molecule has 0 fully saturated rings. The van der Waals surface area contributed by atoms with Crippen LogP contribution in [0.2, 0.25) is 0 Å². The molecule has 0 rings (SSSR count). The predicted octanol–water partition coefficient (Wildman–Crippen LogP) is -0.914. The second-order valence-electron chi connectivity index (χ2n) is 1.94. The van der Waals surface area contributed by atoms with Crippen molar-refractivity contribution in [2.75, 3.05) is 19.8 Å². The molecule has 0 aliphatic rings. The number of ether oxygens (including phenoxy) is 1. The van der Waals surface area contributed by atoms with Gasteiger partial charge in [0, 0.05) is 6.54 Å². The smallest absolute Gasteiger partial charge is 0.407 e. The van der Waals surface area contributed by atoms with E-state index < -0.39 is 12.2 Å². The molecule has 11 heavy (non-hydrogen) atoms. The minimum Gasteiger partial charge on any atom is -0.450 e. The molecule has 1 atom stereocenters. The summed E-state index contributed by atoms with van der Waals surface area (Å²) < 4.78 is 4.49. The molecule has 5 heteroatoms. The summed E-state index contributed by atoms with van der Waals surface area (Å²) in [6.07, 6.45) is -1.50. The molecule has 0 spiro atoms. The number of aliphatic hydroxyl groups is 2. The van der Waals surface area contributed by atoms with Crippen LogP contribution in [0.1, 0.15) is 6.92 Å². The van der Waals surface area contributed by atoms with Crippen LogP contribution < -0.4 is 5.32 Å². The van der Waals surface area contributed by atoms with E-state index >= 15 is 0 Å². The van der Waals surface area contributed by atoms with Crippen LogP contribution in [-0.4, -0.2) is 42.2 Å². The Morgan fingerprint density at radius 1 is 1.73 bits per heavy atom. The van der Waals surface area contributed by atoms with Gasteiger partial charge >= 0.3 is 6.09 Å². The SMILES string of the molecule is CCOC(=O)NCC(O)CO. The highest BCUT2D eigenvalue weighted by Crippen LogP contribution is 1.79. The lowest BCUT2D eigenvalue weighted by Crippen LogP contribution is -2.34. The molecule has 0 saturated carbocycles. The third-order valence-electron chi connectivity index (χ3n) is 0.968. The predicted molar refractivity (Wildman–Crippen MR) is 38.1 cm³/mol. The maximum atomic E-state index is 10.5. The highest BCUT2D eigenvalue weighted by Gasteiger charge is 2.04. The van der Waals surface area contributed by atoms with Crippen LogP contribution in [0.25, 0.3) is 0 Å². The van der Waals surface area contributed by atoms with Crippen LogP contribution in [-0.2, 0) is 4.74 Å². The fourth-order valence-corrected chi connectivity index (χ4v) is 0.448. The lowest BCUT2D eigenvalue weighted by atomic mass is 10.4. The van der Waals surface area contributed by atoms with E-state index in [1.807, 2.05) is 0 Å². The van der Waals surface area contributed by atoms with Gasteiger partial charge in [-0.1, -0.05) is 0 Å². The summed E-state index contributed by atoms with van der Waals surface area (Å²) in [6, 6.07) is 0. The van der Waals surface area contributed by atoms with Crippen molar-refractivity contribution in [1.29, 1.82) is 0 Å². The number of hydrogen-bond donors (Lipinski definition) is 3. The average Bonchev–Trinajstić information content (AvgIpc) is 2.01. The van der Waals surface area contributed by atoms with Gasteiger partial charge in [-0.3, -0.25) is 0 Å². The van der Waals surface area contributed by atoms with Crippen molar-refractivity contribution in [3.63, 3.8) is 0 Å². The van der Waals surface area contributed by atoms with Gasteiger partial charge in [0.25, 0.3) is 0 Å². The van der Waals surface area contributed by atoms with Gasteiger partial charge in [-0.15, -0.1) is 0 Å². The number of amides is 1. The zero-order valence-electron chi connectivity index (χ0n) is 6.41. The quantitative estimate of drug-likeness (QED) is 0.501. The van der Waals surface area contributed by atoms with Gasteiger partial charge in [0.05, 0.1) is 19.3 Å². The number of carbonyl (C=O) groups is 1. The van der Waals surface area contributed by atoms with Crippen LogP contribution >= 0.6 is 0 Å². The van der Waals surface area contributed by atoms with E-state index in [0.29, 0.717) is 6.61 Å². The van der Waals surface area contributed by atoms with Crippen molar-refractivity contribution in [2.45, 2.75) is 13.0 Å². The Labute approximate surface area is 65.0 Å². The van der Waals surface area contributed by atoms with Crippen molar-refractivity contribution in [1.82, 2.24) is 5.32 Å². The van der Waals surface area contributed by atoms with E-state index in [0.717, 1.165) is 0 Å². The zero-order valence-corrected chi connectivity index (χ0v) is 6.41. The second-order valence-corrected chi connectivity index (χ2v) is 1.94. The van der Waals surface area contributed by atoms with Gasteiger partial charge < -0.3 is 20.3 Å². The molecule has 3 N–H and O–H groups in total. The summed E-state index contributed by atoms with van der Waals surface area (Å²) in [4.78, 5) is 10.5. The maximum Gasteiger partial charge on any atom is 0.407 e. The molecule has 66 valence electrons. The van der Waals surface area contributed by atoms with Crippen molar-refractivity contribution in [3.8, 4) is 0 Å². The molecular formula is C6H13NO4.